The van der Waals surface area contributed by atoms with Gasteiger partial charge in [-0.25, -0.2) is 0 Å². The summed E-state index contributed by atoms with van der Waals surface area (Å²) in [6.07, 6.45) is 7.24. The molecule has 0 aliphatic rings. The normalized spacial score (nSPS) is 11.5. The maximum absolute atomic E-state index is 10.9. The standard InChI is InChI=1S/C15H21NO/c1-2-3-4-5-15(12-17)10-13-6-8-14(11-16)9-7-13/h6-10,12H,2-5,11,16H2,1H3. The summed E-state index contributed by atoms with van der Waals surface area (Å²) in [5, 5.41) is 0. The van der Waals surface area contributed by atoms with Crippen molar-refractivity contribution in [2.45, 2.75) is 39.2 Å². The molecule has 0 heterocycles. The van der Waals surface area contributed by atoms with Crippen molar-refractivity contribution in [2.24, 2.45) is 5.73 Å². The Morgan fingerprint density at radius 3 is 2.47 bits per heavy atom. The number of unbranched alkanes of at least 4 members (excludes halogenated alkanes) is 2. The topological polar surface area (TPSA) is 43.1 Å². The molecule has 0 unspecified atom stereocenters. The molecule has 1 aromatic carbocycles. The summed E-state index contributed by atoms with van der Waals surface area (Å²) >= 11 is 0. The number of carbonyl (C=O) groups is 1. The lowest BCUT2D eigenvalue weighted by molar-refractivity contribution is -0.105. The summed E-state index contributed by atoms with van der Waals surface area (Å²) in [6, 6.07) is 8.01. The average Bonchev–Trinajstić information content (AvgIpc) is 2.38. The van der Waals surface area contributed by atoms with Crippen LogP contribution in [-0.2, 0) is 11.3 Å². The van der Waals surface area contributed by atoms with E-state index in [1.807, 2.05) is 30.3 Å². The smallest absolute Gasteiger partial charge is 0.146 e. The first-order chi connectivity index (χ1) is 8.30. The lowest BCUT2D eigenvalue weighted by atomic mass is 10.0. The van der Waals surface area contributed by atoms with Crippen LogP contribution in [0.5, 0.6) is 0 Å². The Morgan fingerprint density at radius 2 is 1.94 bits per heavy atom. The molecule has 0 atom stereocenters. The quantitative estimate of drug-likeness (QED) is 0.444. The summed E-state index contributed by atoms with van der Waals surface area (Å²) in [5.41, 5.74) is 8.59. The van der Waals surface area contributed by atoms with Crippen LogP contribution >= 0.6 is 0 Å². The largest absolute Gasteiger partial charge is 0.326 e. The van der Waals surface area contributed by atoms with Gasteiger partial charge in [0.05, 0.1) is 0 Å². The van der Waals surface area contributed by atoms with Crippen molar-refractivity contribution in [3.05, 3.63) is 41.0 Å². The highest BCUT2D eigenvalue weighted by molar-refractivity contribution is 5.81. The van der Waals surface area contributed by atoms with E-state index < -0.39 is 0 Å². The van der Waals surface area contributed by atoms with Crippen molar-refractivity contribution in [1.29, 1.82) is 0 Å². The van der Waals surface area contributed by atoms with Gasteiger partial charge in [0.2, 0.25) is 0 Å². The Balaban J connectivity index is 2.65. The predicted octanol–water partition coefficient (Wildman–Crippen LogP) is 3.31. The molecule has 0 fully saturated rings. The second-order valence-electron chi connectivity index (χ2n) is 4.24. The van der Waals surface area contributed by atoms with Crippen molar-refractivity contribution >= 4 is 12.4 Å². The zero-order valence-electron chi connectivity index (χ0n) is 10.5. The van der Waals surface area contributed by atoms with Crippen molar-refractivity contribution in [2.75, 3.05) is 0 Å². The third kappa shape index (κ3) is 4.96. The molecular weight excluding hydrogens is 210 g/mol. The number of carbonyl (C=O) groups excluding carboxylic acids is 1. The first-order valence-electron chi connectivity index (χ1n) is 6.25. The van der Waals surface area contributed by atoms with Crippen LogP contribution in [0, 0.1) is 0 Å². The number of rotatable bonds is 7. The van der Waals surface area contributed by atoms with Crippen LogP contribution in [0.4, 0.5) is 0 Å². The van der Waals surface area contributed by atoms with Crippen molar-refractivity contribution in [3.63, 3.8) is 0 Å². The molecule has 0 aliphatic carbocycles. The third-order valence-corrected chi connectivity index (χ3v) is 2.79. The lowest BCUT2D eigenvalue weighted by Gasteiger charge is -2.01. The van der Waals surface area contributed by atoms with Crippen LogP contribution in [0.3, 0.4) is 0 Å². The molecule has 17 heavy (non-hydrogen) atoms. The maximum atomic E-state index is 10.9. The number of nitrogens with two attached hydrogens (primary N) is 1. The number of hydrogen-bond acceptors (Lipinski definition) is 2. The molecule has 92 valence electrons. The van der Waals surface area contributed by atoms with E-state index in [0.29, 0.717) is 6.54 Å². The van der Waals surface area contributed by atoms with Gasteiger partial charge >= 0.3 is 0 Å². The van der Waals surface area contributed by atoms with Crippen LogP contribution in [0.1, 0.15) is 43.7 Å². The van der Waals surface area contributed by atoms with E-state index >= 15 is 0 Å². The van der Waals surface area contributed by atoms with Gasteiger partial charge in [-0.15, -0.1) is 0 Å². The van der Waals surface area contributed by atoms with E-state index in [0.717, 1.165) is 35.8 Å². The van der Waals surface area contributed by atoms with Gasteiger partial charge < -0.3 is 5.73 Å². The van der Waals surface area contributed by atoms with Crippen molar-refractivity contribution in [1.82, 2.24) is 0 Å². The van der Waals surface area contributed by atoms with E-state index in [4.69, 9.17) is 5.73 Å². The van der Waals surface area contributed by atoms with Gasteiger partial charge in [0.15, 0.2) is 0 Å². The molecule has 0 saturated carbocycles. The zero-order valence-corrected chi connectivity index (χ0v) is 10.5. The molecule has 2 heteroatoms. The minimum Gasteiger partial charge on any atom is -0.326 e. The molecule has 0 amide bonds. The second kappa shape index (κ2) is 7.80. The Morgan fingerprint density at radius 1 is 1.24 bits per heavy atom. The highest BCUT2D eigenvalue weighted by atomic mass is 16.1. The monoisotopic (exact) mass is 231 g/mol. The van der Waals surface area contributed by atoms with Gasteiger partial charge in [-0.05, 0) is 35.6 Å². The molecule has 0 aromatic heterocycles. The summed E-state index contributed by atoms with van der Waals surface area (Å²) in [7, 11) is 0. The molecule has 2 N–H and O–H groups in total. The minimum atomic E-state index is 0.557. The predicted molar refractivity (Wildman–Crippen MR) is 72.5 cm³/mol. The summed E-state index contributed by atoms with van der Waals surface area (Å²) in [5.74, 6) is 0. The molecular formula is C15H21NO. The molecule has 0 bridgehead atoms. The van der Waals surface area contributed by atoms with Crippen LogP contribution in [0.2, 0.25) is 0 Å². The Bertz CT molecular complexity index is 365. The van der Waals surface area contributed by atoms with E-state index in [1.165, 1.54) is 12.8 Å². The van der Waals surface area contributed by atoms with Gasteiger partial charge in [0, 0.05) is 6.54 Å². The van der Waals surface area contributed by atoms with E-state index in [-0.39, 0.29) is 0 Å². The summed E-state index contributed by atoms with van der Waals surface area (Å²) in [6.45, 7) is 2.72. The number of benzene rings is 1. The molecule has 0 radical (unpaired) electrons. The maximum Gasteiger partial charge on any atom is 0.146 e. The first kappa shape index (κ1) is 13.7. The molecule has 0 spiro atoms. The minimum absolute atomic E-state index is 0.557. The van der Waals surface area contributed by atoms with Crippen molar-refractivity contribution in [3.8, 4) is 0 Å². The fraction of sp³-hybridized carbons (Fsp3) is 0.400. The van der Waals surface area contributed by atoms with Gasteiger partial charge in [-0.1, -0.05) is 44.0 Å². The molecule has 2 nitrogen and oxygen atoms in total. The highest BCUT2D eigenvalue weighted by Gasteiger charge is 1.97. The molecule has 0 aliphatic heterocycles. The Kier molecular flexibility index (Phi) is 6.26. The van der Waals surface area contributed by atoms with E-state index in [1.54, 1.807) is 0 Å². The first-order valence-corrected chi connectivity index (χ1v) is 6.25. The van der Waals surface area contributed by atoms with E-state index in [9.17, 15) is 4.79 Å². The SMILES string of the molecule is CCCCCC(C=O)=Cc1ccc(CN)cc1. The fourth-order valence-electron chi connectivity index (χ4n) is 1.71. The third-order valence-electron chi connectivity index (χ3n) is 2.79. The molecule has 1 rings (SSSR count). The Labute approximate surface area is 104 Å². The lowest BCUT2D eigenvalue weighted by Crippen LogP contribution is -1.95. The van der Waals surface area contributed by atoms with Crippen LogP contribution < -0.4 is 5.73 Å². The summed E-state index contributed by atoms with van der Waals surface area (Å²) in [4.78, 5) is 10.9. The highest BCUT2D eigenvalue weighted by Crippen LogP contribution is 2.13. The van der Waals surface area contributed by atoms with Crippen LogP contribution in [0.25, 0.3) is 6.08 Å². The number of hydrogen-bond donors (Lipinski definition) is 1. The summed E-state index contributed by atoms with van der Waals surface area (Å²) < 4.78 is 0. The van der Waals surface area contributed by atoms with Crippen molar-refractivity contribution < 1.29 is 4.79 Å². The van der Waals surface area contributed by atoms with E-state index in [2.05, 4.69) is 6.92 Å². The van der Waals surface area contributed by atoms with Gasteiger partial charge in [-0.2, -0.15) is 0 Å². The number of aldehydes is 1. The average molecular weight is 231 g/mol. The molecule has 0 saturated heterocycles. The van der Waals surface area contributed by atoms with Gasteiger partial charge in [-0.3, -0.25) is 4.79 Å². The van der Waals surface area contributed by atoms with Gasteiger partial charge in [0.25, 0.3) is 0 Å². The zero-order chi connectivity index (χ0) is 12.5. The second-order valence-corrected chi connectivity index (χ2v) is 4.24. The van der Waals surface area contributed by atoms with Gasteiger partial charge in [0.1, 0.15) is 6.29 Å². The number of allylic oxidation sites excluding steroid dienone is 1. The Hall–Kier alpha value is -1.41. The fourth-order valence-corrected chi connectivity index (χ4v) is 1.71. The molecule has 1 aromatic rings. The van der Waals surface area contributed by atoms with Crippen LogP contribution in [-0.4, -0.2) is 6.29 Å². The van der Waals surface area contributed by atoms with Crippen LogP contribution in [0.15, 0.2) is 29.8 Å².